The summed E-state index contributed by atoms with van der Waals surface area (Å²) in [5, 5.41) is 22.4. The fraction of sp³-hybridized carbons (Fsp3) is 0.364. The molecule has 0 saturated heterocycles. The maximum absolute atomic E-state index is 13.1. The van der Waals surface area contributed by atoms with E-state index in [1.807, 2.05) is 0 Å². The van der Waals surface area contributed by atoms with Crippen LogP contribution in [-0.4, -0.2) is 57.8 Å². The fourth-order valence-electron chi connectivity index (χ4n) is 4.13. The molecule has 1 saturated carbocycles. The molecule has 198 valence electrons. The Labute approximate surface area is 209 Å². The molecule has 4 N–H and O–H groups in total. The normalized spacial score (nSPS) is 20.2. The molecule has 2 aromatic heterocycles. The van der Waals surface area contributed by atoms with Crippen LogP contribution in [0.5, 0.6) is 0 Å². The Balaban J connectivity index is 1.45. The van der Waals surface area contributed by atoms with E-state index in [1.165, 1.54) is 41.6 Å². The lowest BCUT2D eigenvalue weighted by Crippen LogP contribution is -2.24. The molecule has 1 aliphatic carbocycles. The molecule has 1 aromatic carbocycles. The molecule has 1 aliphatic rings. The van der Waals surface area contributed by atoms with Crippen molar-refractivity contribution < 1.29 is 35.7 Å². The molecule has 0 amide bonds. The number of nitrogens with two attached hydrogens (primary N) is 1. The first-order chi connectivity index (χ1) is 17.4. The third-order valence-electron chi connectivity index (χ3n) is 5.87. The smallest absolute Gasteiger partial charge is 0.393 e. The number of nitrogens with one attached hydrogen (secondary N) is 1. The number of aliphatic hydroxyl groups excluding tert-OH is 1. The standard InChI is InChI=1S/C22H23F3N6O5S/c23-22(24,25)15-3-1-2-13(6-15)10-31-5-4-18(30-31)20(33)17-9-27-12-28-21(17)29-16-7-14(19(32)8-16)11-36-37(26,34)35/h1-6,9,12,14,16,19,32H,7-8,10-11H2,(H2,26,34,35)(H,27,28,29)/t14-,16-,19+/m1/s1. The quantitative estimate of drug-likeness (QED) is 0.343. The minimum atomic E-state index is -4.47. The van der Waals surface area contributed by atoms with Gasteiger partial charge in [-0.3, -0.25) is 13.7 Å². The molecule has 11 nitrogen and oxygen atoms in total. The molecular weight excluding hydrogens is 517 g/mol. The lowest BCUT2D eigenvalue weighted by Gasteiger charge is -2.15. The molecule has 0 unspecified atom stereocenters. The van der Waals surface area contributed by atoms with E-state index >= 15 is 0 Å². The third-order valence-corrected chi connectivity index (χ3v) is 6.34. The number of anilines is 1. The van der Waals surface area contributed by atoms with Crippen LogP contribution in [0.4, 0.5) is 19.0 Å². The zero-order chi connectivity index (χ0) is 26.8. The maximum atomic E-state index is 13.1. The Morgan fingerprint density at radius 3 is 2.78 bits per heavy atom. The van der Waals surface area contributed by atoms with Gasteiger partial charge in [0, 0.05) is 24.4 Å². The summed E-state index contributed by atoms with van der Waals surface area (Å²) in [4.78, 5) is 21.2. The first-order valence-electron chi connectivity index (χ1n) is 11.0. The number of aromatic nitrogens is 4. The van der Waals surface area contributed by atoms with Gasteiger partial charge < -0.3 is 10.4 Å². The minimum Gasteiger partial charge on any atom is -0.393 e. The Morgan fingerprint density at radius 2 is 2.05 bits per heavy atom. The average Bonchev–Trinajstić information content (AvgIpc) is 3.43. The van der Waals surface area contributed by atoms with Gasteiger partial charge in [0.15, 0.2) is 0 Å². The Hall–Kier alpha value is -3.40. The number of carbonyl (C=O) groups excluding carboxylic acids is 1. The van der Waals surface area contributed by atoms with Crippen LogP contribution in [0.15, 0.2) is 49.1 Å². The van der Waals surface area contributed by atoms with Crippen molar-refractivity contribution in [2.75, 3.05) is 11.9 Å². The molecule has 0 aliphatic heterocycles. The van der Waals surface area contributed by atoms with Crippen molar-refractivity contribution in [3.63, 3.8) is 0 Å². The monoisotopic (exact) mass is 540 g/mol. The molecule has 15 heteroatoms. The second-order valence-electron chi connectivity index (χ2n) is 8.63. The molecule has 1 fully saturated rings. The summed E-state index contributed by atoms with van der Waals surface area (Å²) >= 11 is 0. The van der Waals surface area contributed by atoms with Crippen LogP contribution >= 0.6 is 0 Å². The highest BCUT2D eigenvalue weighted by Gasteiger charge is 2.35. The van der Waals surface area contributed by atoms with E-state index in [0.29, 0.717) is 12.0 Å². The van der Waals surface area contributed by atoms with Crippen LogP contribution in [0.1, 0.15) is 40.0 Å². The molecule has 3 atom stereocenters. The summed E-state index contributed by atoms with van der Waals surface area (Å²) < 4.78 is 66.9. The van der Waals surface area contributed by atoms with E-state index < -0.39 is 39.8 Å². The van der Waals surface area contributed by atoms with Gasteiger partial charge in [0.1, 0.15) is 17.8 Å². The SMILES string of the molecule is NS(=O)(=O)OC[C@H]1C[C@@H](Nc2ncncc2C(=O)c2ccn(Cc3cccc(C(F)(F)F)c3)n2)C[C@@H]1O. The number of nitrogens with zero attached hydrogens (tertiary/aromatic N) is 4. The Morgan fingerprint density at radius 1 is 1.27 bits per heavy atom. The number of benzene rings is 1. The van der Waals surface area contributed by atoms with Crippen molar-refractivity contribution in [2.45, 2.75) is 37.7 Å². The average molecular weight is 541 g/mol. The Kier molecular flexibility index (Phi) is 7.59. The zero-order valence-electron chi connectivity index (χ0n) is 19.2. The highest BCUT2D eigenvalue weighted by atomic mass is 32.2. The van der Waals surface area contributed by atoms with Gasteiger partial charge in [-0.2, -0.15) is 26.7 Å². The summed E-state index contributed by atoms with van der Waals surface area (Å²) in [6.07, 6.45) is -0.723. The van der Waals surface area contributed by atoms with Crippen LogP contribution in [0.2, 0.25) is 0 Å². The Bertz CT molecular complexity index is 1380. The number of halogens is 3. The first-order valence-corrected chi connectivity index (χ1v) is 12.5. The van der Waals surface area contributed by atoms with Crippen LogP contribution in [0.3, 0.4) is 0 Å². The van der Waals surface area contributed by atoms with Crippen molar-refractivity contribution in [1.29, 1.82) is 0 Å². The predicted octanol–water partition coefficient (Wildman–Crippen LogP) is 1.74. The van der Waals surface area contributed by atoms with E-state index in [4.69, 9.17) is 5.14 Å². The lowest BCUT2D eigenvalue weighted by molar-refractivity contribution is -0.137. The highest BCUT2D eigenvalue weighted by Crippen LogP contribution is 2.31. The number of aliphatic hydroxyl groups is 1. The summed E-state index contributed by atoms with van der Waals surface area (Å²) in [7, 11) is -4.14. The second kappa shape index (κ2) is 10.5. The summed E-state index contributed by atoms with van der Waals surface area (Å²) in [5.74, 6) is -0.820. The van der Waals surface area contributed by atoms with Crippen LogP contribution < -0.4 is 10.5 Å². The van der Waals surface area contributed by atoms with Gasteiger partial charge in [0.05, 0.1) is 30.4 Å². The van der Waals surface area contributed by atoms with Crippen molar-refractivity contribution >= 4 is 21.9 Å². The summed E-state index contributed by atoms with van der Waals surface area (Å²) in [6.45, 7) is -0.257. The zero-order valence-corrected chi connectivity index (χ0v) is 20.0. The number of hydrogen-bond acceptors (Lipinski definition) is 9. The molecule has 3 aromatic rings. The van der Waals surface area contributed by atoms with E-state index in [2.05, 4.69) is 24.6 Å². The summed E-state index contributed by atoms with van der Waals surface area (Å²) in [6, 6.07) is 5.93. The van der Waals surface area contributed by atoms with Gasteiger partial charge in [-0.1, -0.05) is 12.1 Å². The van der Waals surface area contributed by atoms with Crippen LogP contribution in [0.25, 0.3) is 0 Å². The van der Waals surface area contributed by atoms with Gasteiger partial charge in [0.2, 0.25) is 5.78 Å². The first kappa shape index (κ1) is 26.7. The van der Waals surface area contributed by atoms with Gasteiger partial charge in [0.25, 0.3) is 0 Å². The van der Waals surface area contributed by atoms with Gasteiger partial charge in [-0.15, -0.1) is 0 Å². The topological polar surface area (TPSA) is 162 Å². The van der Waals surface area contributed by atoms with Crippen LogP contribution in [0, 0.1) is 5.92 Å². The van der Waals surface area contributed by atoms with Crippen molar-refractivity contribution in [3.8, 4) is 0 Å². The van der Waals surface area contributed by atoms with E-state index in [1.54, 1.807) is 0 Å². The highest BCUT2D eigenvalue weighted by molar-refractivity contribution is 7.84. The number of hydrogen-bond donors (Lipinski definition) is 3. The summed E-state index contributed by atoms with van der Waals surface area (Å²) in [5.41, 5.74) is -0.273. The number of alkyl halides is 3. The molecule has 4 rings (SSSR count). The maximum Gasteiger partial charge on any atom is 0.416 e. The number of ketones is 1. The van der Waals surface area contributed by atoms with E-state index in [-0.39, 0.29) is 42.7 Å². The molecule has 0 bridgehead atoms. The van der Waals surface area contributed by atoms with E-state index in [9.17, 15) is 31.5 Å². The van der Waals surface area contributed by atoms with Crippen molar-refractivity contribution in [1.82, 2.24) is 19.7 Å². The number of rotatable bonds is 9. The largest absolute Gasteiger partial charge is 0.416 e. The number of carbonyl (C=O) groups is 1. The molecule has 37 heavy (non-hydrogen) atoms. The van der Waals surface area contributed by atoms with Crippen LogP contribution in [-0.2, 0) is 27.2 Å². The van der Waals surface area contributed by atoms with Gasteiger partial charge in [-0.05, 0) is 36.6 Å². The van der Waals surface area contributed by atoms with Crippen molar-refractivity contribution in [2.24, 2.45) is 11.1 Å². The van der Waals surface area contributed by atoms with Gasteiger partial charge in [-0.25, -0.2) is 15.1 Å². The van der Waals surface area contributed by atoms with Crippen molar-refractivity contribution in [3.05, 3.63) is 71.4 Å². The molecule has 2 heterocycles. The fourth-order valence-corrected chi connectivity index (χ4v) is 4.49. The second-order valence-corrected chi connectivity index (χ2v) is 9.85. The van der Waals surface area contributed by atoms with Gasteiger partial charge >= 0.3 is 16.5 Å². The minimum absolute atomic E-state index is 0.0234. The van der Waals surface area contributed by atoms with E-state index in [0.717, 1.165) is 12.1 Å². The molecule has 0 radical (unpaired) electrons. The molecular formula is C22H23F3N6O5S. The molecule has 0 spiro atoms. The predicted molar refractivity (Wildman–Crippen MR) is 123 cm³/mol. The lowest BCUT2D eigenvalue weighted by atomic mass is 10.1. The third kappa shape index (κ3) is 6.88.